The molecule has 0 saturated heterocycles. The number of rotatable bonds is 12. The number of nitrogens with zero attached hydrogens (tertiary/aromatic N) is 2. The number of aromatic nitrogens is 1. The minimum absolute atomic E-state index is 0.0680. The fraction of sp³-hybridized carbons (Fsp3) is 0.389. The van der Waals surface area contributed by atoms with E-state index < -0.39 is 18.0 Å². The van der Waals surface area contributed by atoms with Crippen LogP contribution in [0, 0.1) is 0 Å². The van der Waals surface area contributed by atoms with Gasteiger partial charge in [-0.25, -0.2) is 9.78 Å². The Morgan fingerprint density at radius 2 is 1.90 bits per heavy atom. The maximum atomic E-state index is 11.6. The summed E-state index contributed by atoms with van der Waals surface area (Å²) in [7, 11) is 4.40. The summed E-state index contributed by atoms with van der Waals surface area (Å²) in [5, 5.41) is 14.8. The van der Waals surface area contributed by atoms with E-state index in [0.29, 0.717) is 29.4 Å². The van der Waals surface area contributed by atoms with Crippen LogP contribution in [0.3, 0.4) is 0 Å². The van der Waals surface area contributed by atoms with Crippen molar-refractivity contribution in [3.8, 4) is 17.2 Å². The number of oxime groups is 1. The molecule has 0 aliphatic heterocycles. The van der Waals surface area contributed by atoms with E-state index >= 15 is 0 Å². The molecular formula is C18H23N3O8S. The molecule has 11 nitrogen and oxygen atoms in total. The molecule has 0 spiro atoms. The fourth-order valence-electron chi connectivity index (χ4n) is 2.31. The zero-order chi connectivity index (χ0) is 22.1. The van der Waals surface area contributed by atoms with E-state index in [-0.39, 0.29) is 17.6 Å². The van der Waals surface area contributed by atoms with Crippen molar-refractivity contribution in [1.82, 2.24) is 4.98 Å². The number of thiazole rings is 1. The summed E-state index contributed by atoms with van der Waals surface area (Å²) in [6.07, 6.45) is -1.14. The standard InChI is InChI=1S/C18H23N3O8S/c1-5-27-9-28-17(10-6-12(24-2)15(26-4)13(7-10)25-3)29-21-14(16(22)23)11-8-30-18(19)20-11/h6-8,17H,5,9H2,1-4H3,(H2,19,20)(H,22,23). The van der Waals surface area contributed by atoms with Gasteiger partial charge in [-0.05, 0) is 19.1 Å². The van der Waals surface area contributed by atoms with E-state index in [1.807, 2.05) is 0 Å². The van der Waals surface area contributed by atoms with Crippen LogP contribution in [0.15, 0.2) is 22.7 Å². The van der Waals surface area contributed by atoms with Crippen LogP contribution in [0.5, 0.6) is 17.2 Å². The van der Waals surface area contributed by atoms with Crippen molar-refractivity contribution in [2.75, 3.05) is 40.5 Å². The first kappa shape index (κ1) is 23.2. The minimum atomic E-state index is -1.34. The van der Waals surface area contributed by atoms with E-state index in [4.69, 9.17) is 34.3 Å². The normalized spacial score (nSPS) is 12.3. The van der Waals surface area contributed by atoms with E-state index in [0.717, 1.165) is 11.3 Å². The summed E-state index contributed by atoms with van der Waals surface area (Å²) in [5.41, 5.74) is 5.64. The molecule has 2 aromatic rings. The van der Waals surface area contributed by atoms with Gasteiger partial charge in [0.15, 0.2) is 23.4 Å². The third-order valence-electron chi connectivity index (χ3n) is 3.67. The molecule has 1 unspecified atom stereocenters. The van der Waals surface area contributed by atoms with Gasteiger partial charge in [0.1, 0.15) is 5.69 Å². The molecule has 164 valence electrons. The molecule has 0 radical (unpaired) electrons. The Morgan fingerprint density at radius 1 is 1.23 bits per heavy atom. The Hall–Kier alpha value is -3.09. The van der Waals surface area contributed by atoms with Crippen molar-refractivity contribution in [1.29, 1.82) is 0 Å². The SMILES string of the molecule is CCOCOC(ON=C(C(=O)O)c1csc(N)n1)c1cc(OC)c(OC)c(OC)c1. The van der Waals surface area contributed by atoms with Crippen LogP contribution in [0.1, 0.15) is 24.5 Å². The van der Waals surface area contributed by atoms with Crippen LogP contribution in [-0.4, -0.2) is 56.5 Å². The van der Waals surface area contributed by atoms with Crippen LogP contribution in [0.25, 0.3) is 0 Å². The number of benzene rings is 1. The Morgan fingerprint density at radius 3 is 2.37 bits per heavy atom. The molecule has 30 heavy (non-hydrogen) atoms. The molecule has 0 saturated carbocycles. The van der Waals surface area contributed by atoms with Crippen LogP contribution in [-0.2, 0) is 19.1 Å². The van der Waals surface area contributed by atoms with E-state index in [9.17, 15) is 9.90 Å². The van der Waals surface area contributed by atoms with Gasteiger partial charge in [0.25, 0.3) is 6.29 Å². The highest BCUT2D eigenvalue weighted by Gasteiger charge is 2.23. The van der Waals surface area contributed by atoms with Crippen LogP contribution in [0.4, 0.5) is 5.13 Å². The topological polar surface area (TPSA) is 144 Å². The third-order valence-corrected chi connectivity index (χ3v) is 4.35. The van der Waals surface area contributed by atoms with Crippen molar-refractivity contribution in [2.24, 2.45) is 5.16 Å². The number of nitrogens with two attached hydrogens (primary N) is 1. The number of hydrogen-bond donors (Lipinski definition) is 2. The first-order valence-corrected chi connectivity index (χ1v) is 9.50. The molecule has 0 fully saturated rings. The number of nitrogen functional groups attached to an aromatic ring is 1. The van der Waals surface area contributed by atoms with E-state index in [1.165, 1.54) is 26.7 Å². The van der Waals surface area contributed by atoms with Gasteiger partial charge in [0.05, 0.1) is 21.3 Å². The Kier molecular flexibility index (Phi) is 8.65. The number of aliphatic carboxylic acids is 1. The highest BCUT2D eigenvalue weighted by atomic mass is 32.1. The quantitative estimate of drug-likeness (QED) is 0.218. The van der Waals surface area contributed by atoms with E-state index in [1.54, 1.807) is 19.1 Å². The predicted octanol–water partition coefficient (Wildman–Crippen LogP) is 2.27. The highest BCUT2D eigenvalue weighted by molar-refractivity contribution is 7.13. The summed E-state index contributed by atoms with van der Waals surface area (Å²) in [6.45, 7) is 2.08. The lowest BCUT2D eigenvalue weighted by atomic mass is 10.1. The number of ether oxygens (including phenoxy) is 5. The number of methoxy groups -OCH3 is 3. The fourth-order valence-corrected chi connectivity index (χ4v) is 2.86. The van der Waals surface area contributed by atoms with Gasteiger partial charge in [0.2, 0.25) is 11.5 Å². The largest absolute Gasteiger partial charge is 0.493 e. The molecule has 1 aromatic carbocycles. The lowest BCUT2D eigenvalue weighted by Crippen LogP contribution is -2.17. The Balaban J connectivity index is 2.41. The van der Waals surface area contributed by atoms with Gasteiger partial charge in [-0.2, -0.15) is 0 Å². The highest BCUT2D eigenvalue weighted by Crippen LogP contribution is 2.40. The van der Waals surface area contributed by atoms with Crippen molar-refractivity contribution in [2.45, 2.75) is 13.2 Å². The van der Waals surface area contributed by atoms with Gasteiger partial charge in [-0.1, -0.05) is 5.16 Å². The Bertz CT molecular complexity index is 861. The van der Waals surface area contributed by atoms with Gasteiger partial charge < -0.3 is 39.4 Å². The molecule has 0 bridgehead atoms. The zero-order valence-corrected chi connectivity index (χ0v) is 17.7. The summed E-state index contributed by atoms with van der Waals surface area (Å²) in [6, 6.07) is 3.18. The molecule has 0 aliphatic carbocycles. The number of anilines is 1. The van der Waals surface area contributed by atoms with Crippen molar-refractivity contribution < 1.29 is 38.4 Å². The first-order valence-electron chi connectivity index (χ1n) is 8.62. The van der Waals surface area contributed by atoms with Crippen LogP contribution < -0.4 is 19.9 Å². The molecule has 1 heterocycles. The van der Waals surface area contributed by atoms with Gasteiger partial charge in [-0.15, -0.1) is 11.3 Å². The second kappa shape index (κ2) is 11.2. The van der Waals surface area contributed by atoms with Gasteiger partial charge >= 0.3 is 5.97 Å². The maximum absolute atomic E-state index is 11.6. The monoisotopic (exact) mass is 441 g/mol. The summed E-state index contributed by atoms with van der Waals surface area (Å²) in [5.74, 6) is -0.251. The Labute approximate surface area is 176 Å². The van der Waals surface area contributed by atoms with E-state index in [2.05, 4.69) is 10.1 Å². The predicted molar refractivity (Wildman–Crippen MR) is 108 cm³/mol. The number of hydrogen-bond acceptors (Lipinski definition) is 11. The number of carboxylic acid groups (broad SMARTS) is 1. The van der Waals surface area contributed by atoms with Crippen LogP contribution >= 0.6 is 11.3 Å². The van der Waals surface area contributed by atoms with Crippen molar-refractivity contribution in [3.05, 3.63) is 28.8 Å². The molecule has 0 amide bonds. The molecule has 3 N–H and O–H groups in total. The second-order valence-electron chi connectivity index (χ2n) is 5.49. The maximum Gasteiger partial charge on any atom is 0.360 e. The molecule has 12 heteroatoms. The van der Waals surface area contributed by atoms with Gasteiger partial charge in [0, 0.05) is 17.6 Å². The third kappa shape index (κ3) is 5.72. The van der Waals surface area contributed by atoms with Crippen LogP contribution in [0.2, 0.25) is 0 Å². The first-order chi connectivity index (χ1) is 14.4. The average Bonchev–Trinajstić information content (AvgIpc) is 3.17. The lowest BCUT2D eigenvalue weighted by Gasteiger charge is -2.19. The van der Waals surface area contributed by atoms with Crippen molar-refractivity contribution >= 4 is 28.1 Å². The lowest BCUT2D eigenvalue weighted by molar-refractivity contribution is -0.198. The number of carboxylic acids is 1. The molecular weight excluding hydrogens is 418 g/mol. The smallest absolute Gasteiger partial charge is 0.360 e. The zero-order valence-electron chi connectivity index (χ0n) is 16.9. The molecule has 0 aliphatic rings. The minimum Gasteiger partial charge on any atom is -0.493 e. The summed E-state index contributed by atoms with van der Waals surface area (Å²) < 4.78 is 26.7. The molecule has 1 atom stereocenters. The number of carbonyl (C=O) groups is 1. The van der Waals surface area contributed by atoms with Gasteiger partial charge in [-0.3, -0.25) is 0 Å². The second-order valence-corrected chi connectivity index (χ2v) is 6.38. The average molecular weight is 441 g/mol. The molecule has 2 rings (SSSR count). The summed E-state index contributed by atoms with van der Waals surface area (Å²) in [4.78, 5) is 20.9. The molecule has 1 aromatic heterocycles. The summed E-state index contributed by atoms with van der Waals surface area (Å²) >= 11 is 1.08. The van der Waals surface area contributed by atoms with Crippen molar-refractivity contribution in [3.63, 3.8) is 0 Å².